The van der Waals surface area contributed by atoms with Gasteiger partial charge in [0.1, 0.15) is 0 Å². The summed E-state index contributed by atoms with van der Waals surface area (Å²) in [5, 5.41) is 4.31. The Balaban J connectivity index is 1.44. The molecule has 10 nitrogen and oxygen atoms in total. The van der Waals surface area contributed by atoms with Gasteiger partial charge >= 0.3 is 0 Å². The zero-order valence-electron chi connectivity index (χ0n) is 20.3. The van der Waals surface area contributed by atoms with Gasteiger partial charge in [0.05, 0.1) is 32.8 Å². The lowest BCUT2D eigenvalue weighted by Crippen LogP contribution is -2.45. The average Bonchev–Trinajstić information content (AvgIpc) is 3.26. The van der Waals surface area contributed by atoms with E-state index in [1.54, 1.807) is 24.3 Å². The van der Waals surface area contributed by atoms with Gasteiger partial charge in [0.25, 0.3) is 17.7 Å². The fraction of sp³-hybridized carbons (Fsp3) is 0.154. The Morgan fingerprint density at radius 1 is 0.865 bits per heavy atom. The molecule has 0 unspecified atom stereocenters. The first kappa shape index (κ1) is 25.6. The molecule has 4 rings (SSSR count). The fourth-order valence-electron chi connectivity index (χ4n) is 3.45. The molecule has 11 heteroatoms. The molecule has 0 spiro atoms. The fourth-order valence-corrected chi connectivity index (χ4v) is 4.28. The summed E-state index contributed by atoms with van der Waals surface area (Å²) >= 11 is 1.24. The SMILES string of the molecule is COc1cc(C(=O)Nc2ccc(C(=O)NN3C(=O)CSC3=Nc3ccccc3)cc2)cc(OC)c1OC. The van der Waals surface area contributed by atoms with Gasteiger partial charge in [-0.25, -0.2) is 4.99 Å². The maximum absolute atomic E-state index is 12.8. The molecular formula is C26H24N4O6S. The summed E-state index contributed by atoms with van der Waals surface area (Å²) in [6.45, 7) is 0. The predicted octanol–water partition coefficient (Wildman–Crippen LogP) is 3.87. The maximum atomic E-state index is 12.8. The first-order valence-electron chi connectivity index (χ1n) is 11.1. The third-order valence-corrected chi connectivity index (χ3v) is 6.21. The molecule has 3 amide bonds. The van der Waals surface area contributed by atoms with Crippen LogP contribution in [0.1, 0.15) is 20.7 Å². The van der Waals surface area contributed by atoms with Gasteiger partial charge in [0.2, 0.25) is 5.75 Å². The molecule has 1 aliphatic rings. The van der Waals surface area contributed by atoms with Crippen molar-refractivity contribution in [2.75, 3.05) is 32.4 Å². The third kappa shape index (κ3) is 5.84. The number of ether oxygens (including phenoxy) is 3. The minimum atomic E-state index is -0.487. The van der Waals surface area contributed by atoms with Crippen LogP contribution < -0.4 is 25.0 Å². The van der Waals surface area contributed by atoms with Crippen LogP contribution in [0.2, 0.25) is 0 Å². The second-order valence-electron chi connectivity index (χ2n) is 7.63. The molecule has 0 aromatic heterocycles. The average molecular weight is 521 g/mol. The molecule has 0 atom stereocenters. The van der Waals surface area contributed by atoms with Crippen molar-refractivity contribution in [3.63, 3.8) is 0 Å². The first-order chi connectivity index (χ1) is 17.9. The van der Waals surface area contributed by atoms with Gasteiger partial charge in [0.15, 0.2) is 16.7 Å². The van der Waals surface area contributed by atoms with Gasteiger partial charge in [-0.3, -0.25) is 19.8 Å². The summed E-state index contributed by atoms with van der Waals surface area (Å²) in [7, 11) is 4.41. The van der Waals surface area contributed by atoms with Crippen LogP contribution in [-0.4, -0.2) is 55.0 Å². The number of nitrogens with zero attached hydrogens (tertiary/aromatic N) is 2. The summed E-state index contributed by atoms with van der Waals surface area (Å²) in [6.07, 6.45) is 0. The number of hydrazine groups is 1. The van der Waals surface area contributed by atoms with Crippen LogP contribution in [0.25, 0.3) is 0 Å². The third-order valence-electron chi connectivity index (χ3n) is 5.29. The van der Waals surface area contributed by atoms with Crippen molar-refractivity contribution in [3.05, 3.63) is 77.9 Å². The number of nitrogens with one attached hydrogen (secondary N) is 2. The van der Waals surface area contributed by atoms with E-state index in [2.05, 4.69) is 15.7 Å². The van der Waals surface area contributed by atoms with Gasteiger partial charge in [-0.2, -0.15) is 5.01 Å². The van der Waals surface area contributed by atoms with Crippen LogP contribution in [0.15, 0.2) is 71.7 Å². The van der Waals surface area contributed by atoms with E-state index in [1.165, 1.54) is 45.2 Å². The number of anilines is 1. The molecule has 0 bridgehead atoms. The van der Waals surface area contributed by atoms with E-state index in [0.29, 0.717) is 44.9 Å². The van der Waals surface area contributed by atoms with Crippen molar-refractivity contribution in [1.29, 1.82) is 0 Å². The molecule has 2 N–H and O–H groups in total. The van der Waals surface area contributed by atoms with Crippen LogP contribution in [0.4, 0.5) is 11.4 Å². The largest absolute Gasteiger partial charge is 0.493 e. The van der Waals surface area contributed by atoms with E-state index in [4.69, 9.17) is 14.2 Å². The highest BCUT2D eigenvalue weighted by Gasteiger charge is 2.30. The number of aliphatic imine (C=N–C) groups is 1. The van der Waals surface area contributed by atoms with Gasteiger partial charge in [0, 0.05) is 16.8 Å². The Kier molecular flexibility index (Phi) is 7.94. The number of amidine groups is 1. The molecule has 37 heavy (non-hydrogen) atoms. The zero-order valence-corrected chi connectivity index (χ0v) is 21.1. The van der Waals surface area contributed by atoms with Crippen molar-refractivity contribution in [2.24, 2.45) is 4.99 Å². The molecule has 0 aliphatic carbocycles. The molecule has 1 aliphatic heterocycles. The van der Waals surface area contributed by atoms with Crippen LogP contribution in [0.5, 0.6) is 17.2 Å². The number of para-hydroxylation sites is 1. The van der Waals surface area contributed by atoms with Crippen LogP contribution in [0.3, 0.4) is 0 Å². The monoisotopic (exact) mass is 520 g/mol. The smallest absolute Gasteiger partial charge is 0.270 e. The number of carbonyl (C=O) groups is 3. The molecule has 1 saturated heterocycles. The lowest BCUT2D eigenvalue weighted by Gasteiger charge is -2.17. The molecule has 3 aromatic rings. The molecule has 1 heterocycles. The molecule has 0 saturated carbocycles. The minimum absolute atomic E-state index is 0.178. The topological polar surface area (TPSA) is 119 Å². The molecule has 190 valence electrons. The van der Waals surface area contributed by atoms with E-state index in [-0.39, 0.29) is 11.7 Å². The number of rotatable bonds is 8. The van der Waals surface area contributed by atoms with Crippen LogP contribution >= 0.6 is 11.8 Å². The number of thioether (sulfide) groups is 1. The Labute approximate surface area is 217 Å². The predicted molar refractivity (Wildman–Crippen MR) is 141 cm³/mol. The Hall–Kier alpha value is -4.51. The van der Waals surface area contributed by atoms with E-state index in [0.717, 1.165) is 5.01 Å². The normalized spacial score (nSPS) is 13.9. The molecular weight excluding hydrogens is 496 g/mol. The standard InChI is InChI=1S/C26H24N4O6S/c1-34-20-13-17(14-21(35-2)23(20)36-3)24(32)27-19-11-9-16(10-12-19)25(33)29-30-22(31)15-37-26(30)28-18-7-5-4-6-8-18/h4-14H,15H2,1-3H3,(H,27,32)(H,29,33). The number of hydrogen-bond acceptors (Lipinski definition) is 8. The lowest BCUT2D eigenvalue weighted by molar-refractivity contribution is -0.125. The van der Waals surface area contributed by atoms with Crippen LogP contribution in [-0.2, 0) is 4.79 Å². The molecule has 1 fully saturated rings. The summed E-state index contributed by atoms with van der Waals surface area (Å²) in [6, 6.07) is 18.5. The van der Waals surface area contributed by atoms with Crippen molar-refractivity contribution in [1.82, 2.24) is 10.4 Å². The highest BCUT2D eigenvalue weighted by molar-refractivity contribution is 8.15. The van der Waals surface area contributed by atoms with E-state index in [9.17, 15) is 14.4 Å². The highest BCUT2D eigenvalue weighted by atomic mass is 32.2. The Morgan fingerprint density at radius 2 is 1.51 bits per heavy atom. The van der Waals surface area contributed by atoms with Crippen molar-refractivity contribution in [3.8, 4) is 17.2 Å². The van der Waals surface area contributed by atoms with E-state index < -0.39 is 11.8 Å². The van der Waals surface area contributed by atoms with Gasteiger partial charge in [-0.1, -0.05) is 30.0 Å². The van der Waals surface area contributed by atoms with Gasteiger partial charge < -0.3 is 19.5 Å². The second-order valence-corrected chi connectivity index (χ2v) is 8.58. The summed E-state index contributed by atoms with van der Waals surface area (Å²) in [4.78, 5) is 42.4. The van der Waals surface area contributed by atoms with E-state index >= 15 is 0 Å². The maximum Gasteiger partial charge on any atom is 0.270 e. The van der Waals surface area contributed by atoms with Gasteiger partial charge in [-0.05, 0) is 48.5 Å². The number of benzene rings is 3. The van der Waals surface area contributed by atoms with Gasteiger partial charge in [-0.15, -0.1) is 0 Å². The summed E-state index contributed by atoms with van der Waals surface area (Å²) in [5.41, 5.74) is 4.34. The lowest BCUT2D eigenvalue weighted by atomic mass is 10.1. The van der Waals surface area contributed by atoms with Crippen molar-refractivity contribution >= 4 is 46.0 Å². The van der Waals surface area contributed by atoms with Crippen LogP contribution in [0, 0.1) is 0 Å². The molecule has 3 aromatic carbocycles. The van der Waals surface area contributed by atoms with E-state index in [1.807, 2.05) is 30.3 Å². The Morgan fingerprint density at radius 3 is 2.11 bits per heavy atom. The summed E-state index contributed by atoms with van der Waals surface area (Å²) in [5.74, 6) is 0.0911. The second kappa shape index (κ2) is 11.5. The number of carbonyl (C=O) groups excluding carboxylic acids is 3. The van der Waals surface area contributed by atoms with Crippen molar-refractivity contribution in [2.45, 2.75) is 0 Å². The zero-order chi connectivity index (χ0) is 26.4. The Bertz CT molecular complexity index is 1320. The number of hydrogen-bond donors (Lipinski definition) is 2. The first-order valence-corrected chi connectivity index (χ1v) is 12.0. The molecule has 0 radical (unpaired) electrons. The summed E-state index contributed by atoms with van der Waals surface area (Å²) < 4.78 is 15.9. The van der Waals surface area contributed by atoms with Crippen molar-refractivity contribution < 1.29 is 28.6 Å². The number of methoxy groups -OCH3 is 3. The quantitative estimate of drug-likeness (QED) is 0.463. The minimum Gasteiger partial charge on any atom is -0.493 e. The number of amides is 3. The highest BCUT2D eigenvalue weighted by Crippen LogP contribution is 2.38.